The zero-order valence-electron chi connectivity index (χ0n) is 9.50. The fourth-order valence-electron chi connectivity index (χ4n) is 1.30. The van der Waals surface area contributed by atoms with Gasteiger partial charge in [-0.25, -0.2) is 9.18 Å². The number of carbonyl (C=O) groups excluding carboxylic acids is 2. The first kappa shape index (κ1) is 13.6. The maximum absolute atomic E-state index is 13.4. The largest absolute Gasteiger partial charge is 0.462 e. The highest BCUT2D eigenvalue weighted by Crippen LogP contribution is 2.25. The standard InChI is InChI=1S/C12H12ClFO3/c1-3-17-12(16)8-4-5-10(14)9(6-8)11(13)7(2)15/h4-6,11H,3H2,1-2H3. The molecular formula is C12H12ClFO3. The van der Waals surface area contributed by atoms with Gasteiger partial charge in [0.25, 0.3) is 0 Å². The van der Waals surface area contributed by atoms with Crippen LogP contribution in [0, 0.1) is 5.82 Å². The number of alkyl halides is 1. The van der Waals surface area contributed by atoms with Crippen molar-refractivity contribution in [2.45, 2.75) is 19.2 Å². The van der Waals surface area contributed by atoms with Crippen LogP contribution in [0.25, 0.3) is 0 Å². The Morgan fingerprint density at radius 3 is 2.65 bits per heavy atom. The van der Waals surface area contributed by atoms with Crippen molar-refractivity contribution in [2.24, 2.45) is 0 Å². The molecule has 0 saturated heterocycles. The normalized spacial score (nSPS) is 12.0. The molecule has 0 aliphatic rings. The van der Waals surface area contributed by atoms with Crippen molar-refractivity contribution in [3.05, 3.63) is 35.1 Å². The van der Waals surface area contributed by atoms with Crippen LogP contribution in [0.1, 0.15) is 35.1 Å². The topological polar surface area (TPSA) is 43.4 Å². The number of esters is 1. The molecule has 0 radical (unpaired) electrons. The van der Waals surface area contributed by atoms with Gasteiger partial charge in [-0.2, -0.15) is 0 Å². The van der Waals surface area contributed by atoms with Crippen molar-refractivity contribution in [1.82, 2.24) is 0 Å². The minimum Gasteiger partial charge on any atom is -0.462 e. The van der Waals surface area contributed by atoms with Gasteiger partial charge in [-0.1, -0.05) is 0 Å². The van der Waals surface area contributed by atoms with Crippen molar-refractivity contribution in [2.75, 3.05) is 6.61 Å². The summed E-state index contributed by atoms with van der Waals surface area (Å²) in [7, 11) is 0. The first-order valence-electron chi connectivity index (χ1n) is 5.08. The molecule has 0 heterocycles. The SMILES string of the molecule is CCOC(=O)c1ccc(F)c(C(Cl)C(C)=O)c1. The van der Waals surface area contributed by atoms with Gasteiger partial charge in [0.15, 0.2) is 5.78 Å². The summed E-state index contributed by atoms with van der Waals surface area (Å²) in [4.78, 5) is 22.5. The van der Waals surface area contributed by atoms with Gasteiger partial charge in [-0.05, 0) is 32.0 Å². The van der Waals surface area contributed by atoms with Crippen LogP contribution in [0.3, 0.4) is 0 Å². The summed E-state index contributed by atoms with van der Waals surface area (Å²) in [6, 6.07) is 3.63. The second kappa shape index (κ2) is 5.77. The first-order valence-corrected chi connectivity index (χ1v) is 5.52. The molecule has 1 aromatic rings. The lowest BCUT2D eigenvalue weighted by molar-refractivity contribution is -0.116. The van der Waals surface area contributed by atoms with E-state index >= 15 is 0 Å². The lowest BCUT2D eigenvalue weighted by Gasteiger charge is -2.09. The van der Waals surface area contributed by atoms with Crippen molar-refractivity contribution >= 4 is 23.4 Å². The van der Waals surface area contributed by atoms with Crippen molar-refractivity contribution in [3.63, 3.8) is 0 Å². The highest BCUT2D eigenvalue weighted by atomic mass is 35.5. The quantitative estimate of drug-likeness (QED) is 0.616. The third-order valence-electron chi connectivity index (χ3n) is 2.14. The van der Waals surface area contributed by atoms with E-state index in [0.717, 1.165) is 6.07 Å². The number of hydrogen-bond acceptors (Lipinski definition) is 3. The van der Waals surface area contributed by atoms with Gasteiger partial charge in [-0.3, -0.25) is 4.79 Å². The highest BCUT2D eigenvalue weighted by molar-refractivity contribution is 6.30. The Balaban J connectivity index is 3.10. The van der Waals surface area contributed by atoms with Crippen molar-refractivity contribution in [3.8, 4) is 0 Å². The summed E-state index contributed by atoms with van der Waals surface area (Å²) in [5.41, 5.74) is 0.167. The van der Waals surface area contributed by atoms with E-state index in [9.17, 15) is 14.0 Å². The lowest BCUT2D eigenvalue weighted by Crippen LogP contribution is -2.09. The second-order valence-corrected chi connectivity index (χ2v) is 3.87. The van der Waals surface area contributed by atoms with Crippen LogP contribution < -0.4 is 0 Å². The summed E-state index contributed by atoms with van der Waals surface area (Å²) in [5, 5.41) is -1.09. The zero-order valence-corrected chi connectivity index (χ0v) is 10.3. The van der Waals surface area contributed by atoms with E-state index in [1.54, 1.807) is 6.92 Å². The Labute approximate surface area is 104 Å². The Morgan fingerprint density at radius 1 is 1.47 bits per heavy atom. The number of Topliss-reactive ketones (excluding diaryl/α,β-unsaturated/α-hetero) is 1. The van der Waals surface area contributed by atoms with Crippen LogP contribution in [0.15, 0.2) is 18.2 Å². The number of benzene rings is 1. The Hall–Kier alpha value is -1.42. The summed E-state index contributed by atoms with van der Waals surface area (Å²) >= 11 is 5.76. The Morgan fingerprint density at radius 2 is 2.12 bits per heavy atom. The predicted octanol–water partition coefficient (Wildman–Crippen LogP) is 2.87. The molecule has 3 nitrogen and oxygen atoms in total. The molecule has 0 aliphatic heterocycles. The average molecular weight is 259 g/mol. The molecule has 0 amide bonds. The molecule has 0 spiro atoms. The first-order chi connectivity index (χ1) is 7.97. The molecular weight excluding hydrogens is 247 g/mol. The maximum atomic E-state index is 13.4. The monoisotopic (exact) mass is 258 g/mol. The molecule has 92 valence electrons. The molecule has 1 unspecified atom stereocenters. The van der Waals surface area contributed by atoms with Crippen molar-refractivity contribution in [1.29, 1.82) is 0 Å². The van der Waals surface area contributed by atoms with Gasteiger partial charge in [0.05, 0.1) is 12.2 Å². The van der Waals surface area contributed by atoms with Crippen LogP contribution >= 0.6 is 11.6 Å². The van der Waals surface area contributed by atoms with Gasteiger partial charge < -0.3 is 4.74 Å². The van der Waals surface area contributed by atoms with Gasteiger partial charge >= 0.3 is 5.97 Å². The number of ketones is 1. The maximum Gasteiger partial charge on any atom is 0.338 e. The molecule has 0 saturated carbocycles. The number of carbonyl (C=O) groups is 2. The lowest BCUT2D eigenvalue weighted by atomic mass is 10.1. The van der Waals surface area contributed by atoms with E-state index in [2.05, 4.69) is 0 Å². The fourth-order valence-corrected chi connectivity index (χ4v) is 1.47. The minimum atomic E-state index is -1.09. The van der Waals surface area contributed by atoms with Crippen LogP contribution in [-0.4, -0.2) is 18.4 Å². The number of halogens is 2. The smallest absolute Gasteiger partial charge is 0.338 e. The average Bonchev–Trinajstić information content (AvgIpc) is 2.28. The van der Waals surface area contributed by atoms with Crippen LogP contribution in [-0.2, 0) is 9.53 Å². The molecule has 1 rings (SSSR count). The minimum absolute atomic E-state index is 0.00952. The van der Waals surface area contributed by atoms with E-state index in [1.165, 1.54) is 19.1 Å². The van der Waals surface area contributed by atoms with Crippen LogP contribution in [0.4, 0.5) is 4.39 Å². The molecule has 17 heavy (non-hydrogen) atoms. The zero-order chi connectivity index (χ0) is 13.0. The van der Waals surface area contributed by atoms with Gasteiger partial charge in [0.1, 0.15) is 11.2 Å². The third kappa shape index (κ3) is 3.27. The summed E-state index contributed by atoms with van der Waals surface area (Å²) in [5.74, 6) is -1.57. The molecule has 0 aliphatic carbocycles. The molecule has 0 N–H and O–H groups in total. The number of hydrogen-bond donors (Lipinski definition) is 0. The van der Waals surface area contributed by atoms with Gasteiger partial charge in [0.2, 0.25) is 0 Å². The predicted molar refractivity (Wildman–Crippen MR) is 61.6 cm³/mol. The third-order valence-corrected chi connectivity index (χ3v) is 2.68. The molecule has 0 fully saturated rings. The van der Waals surface area contributed by atoms with E-state index in [0.29, 0.717) is 0 Å². The van der Waals surface area contributed by atoms with Crippen LogP contribution in [0.2, 0.25) is 0 Å². The molecule has 0 bridgehead atoms. The summed E-state index contributed by atoms with van der Waals surface area (Å²) < 4.78 is 18.2. The van der Waals surface area contributed by atoms with E-state index in [1.807, 2.05) is 0 Å². The number of ether oxygens (including phenoxy) is 1. The van der Waals surface area contributed by atoms with Crippen LogP contribution in [0.5, 0.6) is 0 Å². The molecule has 5 heteroatoms. The molecule has 0 aromatic heterocycles. The van der Waals surface area contributed by atoms with E-state index in [-0.39, 0.29) is 23.5 Å². The van der Waals surface area contributed by atoms with Gasteiger partial charge in [0, 0.05) is 5.56 Å². The Bertz CT molecular complexity index is 445. The summed E-state index contributed by atoms with van der Waals surface area (Å²) in [6.07, 6.45) is 0. The van der Waals surface area contributed by atoms with E-state index < -0.39 is 17.2 Å². The van der Waals surface area contributed by atoms with Crippen molar-refractivity contribution < 1.29 is 18.7 Å². The Kier molecular flexibility index (Phi) is 4.63. The molecule has 1 aromatic carbocycles. The fraction of sp³-hybridized carbons (Fsp3) is 0.333. The van der Waals surface area contributed by atoms with Gasteiger partial charge in [-0.15, -0.1) is 11.6 Å². The second-order valence-electron chi connectivity index (χ2n) is 3.43. The summed E-state index contributed by atoms with van der Waals surface area (Å²) in [6.45, 7) is 3.15. The highest BCUT2D eigenvalue weighted by Gasteiger charge is 2.19. The van der Waals surface area contributed by atoms with E-state index in [4.69, 9.17) is 16.3 Å². The molecule has 1 atom stereocenters. The number of rotatable bonds is 4.